The zero-order valence-corrected chi connectivity index (χ0v) is 17.0. The van der Waals surface area contributed by atoms with Crippen LogP contribution in [0.4, 0.5) is 5.69 Å². The molecule has 148 valence electrons. The highest BCUT2D eigenvalue weighted by Gasteiger charge is 2.26. The molecule has 0 spiro atoms. The van der Waals surface area contributed by atoms with Crippen molar-refractivity contribution in [3.05, 3.63) is 29.3 Å². The Kier molecular flexibility index (Phi) is 6.40. The highest BCUT2D eigenvalue weighted by atomic mass is 16.2. The van der Waals surface area contributed by atoms with E-state index in [0.29, 0.717) is 6.42 Å². The van der Waals surface area contributed by atoms with Crippen molar-refractivity contribution in [2.75, 3.05) is 31.1 Å². The summed E-state index contributed by atoms with van der Waals surface area (Å²) < 4.78 is 0. The lowest BCUT2D eigenvalue weighted by atomic mass is 10.1. The fourth-order valence-corrected chi connectivity index (χ4v) is 4.25. The Morgan fingerprint density at radius 1 is 1.11 bits per heavy atom. The summed E-state index contributed by atoms with van der Waals surface area (Å²) >= 11 is 0. The predicted octanol–water partition coefficient (Wildman–Crippen LogP) is 3.04. The maximum absolute atomic E-state index is 12.6. The molecule has 2 fully saturated rings. The molecule has 5 nitrogen and oxygen atoms in total. The molecule has 1 aromatic rings. The second-order valence-electron chi connectivity index (χ2n) is 8.25. The Balaban J connectivity index is 1.46. The summed E-state index contributed by atoms with van der Waals surface area (Å²) in [5, 5.41) is 3.04. The van der Waals surface area contributed by atoms with E-state index < -0.39 is 0 Å². The third-order valence-corrected chi connectivity index (χ3v) is 5.93. The van der Waals surface area contributed by atoms with E-state index in [-0.39, 0.29) is 23.8 Å². The van der Waals surface area contributed by atoms with Gasteiger partial charge < -0.3 is 15.1 Å². The van der Waals surface area contributed by atoms with Gasteiger partial charge in [0.1, 0.15) is 0 Å². The summed E-state index contributed by atoms with van der Waals surface area (Å²) in [4.78, 5) is 29.2. The van der Waals surface area contributed by atoms with Gasteiger partial charge in [0.25, 0.3) is 0 Å². The lowest BCUT2D eigenvalue weighted by Gasteiger charge is -2.37. The van der Waals surface area contributed by atoms with Gasteiger partial charge >= 0.3 is 0 Å². The number of anilines is 1. The largest absolute Gasteiger partial charge is 0.368 e. The number of piperazine rings is 1. The van der Waals surface area contributed by atoms with Crippen LogP contribution in [0.3, 0.4) is 0 Å². The van der Waals surface area contributed by atoms with Crippen LogP contribution in [0.25, 0.3) is 0 Å². The van der Waals surface area contributed by atoms with Crippen LogP contribution >= 0.6 is 0 Å². The monoisotopic (exact) mass is 371 g/mol. The van der Waals surface area contributed by atoms with E-state index in [1.165, 1.54) is 16.8 Å². The third-order valence-electron chi connectivity index (χ3n) is 5.93. The molecule has 27 heavy (non-hydrogen) atoms. The summed E-state index contributed by atoms with van der Waals surface area (Å²) in [6.07, 6.45) is 4.67. The summed E-state index contributed by atoms with van der Waals surface area (Å²) in [5.74, 6) is 0.436. The van der Waals surface area contributed by atoms with Gasteiger partial charge in [0.05, 0.1) is 0 Å². The van der Waals surface area contributed by atoms with Crippen molar-refractivity contribution in [2.45, 2.75) is 58.9 Å². The number of benzene rings is 1. The van der Waals surface area contributed by atoms with Crippen molar-refractivity contribution in [1.29, 1.82) is 0 Å². The first-order valence-electron chi connectivity index (χ1n) is 10.3. The van der Waals surface area contributed by atoms with Crippen LogP contribution in [0.5, 0.6) is 0 Å². The topological polar surface area (TPSA) is 52.6 Å². The van der Waals surface area contributed by atoms with Gasteiger partial charge in [0.15, 0.2) is 0 Å². The van der Waals surface area contributed by atoms with Crippen molar-refractivity contribution in [2.24, 2.45) is 5.92 Å². The van der Waals surface area contributed by atoms with Gasteiger partial charge in [-0.05, 0) is 50.8 Å². The second kappa shape index (κ2) is 8.77. The minimum atomic E-state index is -0.0948. The number of amides is 2. The molecule has 2 amide bonds. The first kappa shape index (κ1) is 19.7. The standard InChI is InChI=1S/C22H33N3O2/c1-16-8-9-17(2)20(14-16)24-10-12-25(13-11-24)21(26)15-18(3)23-22(27)19-6-4-5-7-19/h8-9,14,18-19H,4-7,10-13,15H2,1-3H3,(H,23,27). The summed E-state index contributed by atoms with van der Waals surface area (Å²) in [5.41, 5.74) is 3.82. The van der Waals surface area contributed by atoms with E-state index in [0.717, 1.165) is 51.9 Å². The number of rotatable bonds is 5. The fourth-order valence-electron chi connectivity index (χ4n) is 4.25. The van der Waals surface area contributed by atoms with Crippen LogP contribution in [0.2, 0.25) is 0 Å². The average molecular weight is 372 g/mol. The zero-order valence-electron chi connectivity index (χ0n) is 17.0. The van der Waals surface area contributed by atoms with Crippen molar-refractivity contribution >= 4 is 17.5 Å². The molecule has 1 aromatic carbocycles. The lowest BCUT2D eigenvalue weighted by Crippen LogP contribution is -2.50. The van der Waals surface area contributed by atoms with Gasteiger partial charge in [-0.15, -0.1) is 0 Å². The number of hydrogen-bond acceptors (Lipinski definition) is 3. The Morgan fingerprint density at radius 2 is 1.78 bits per heavy atom. The summed E-state index contributed by atoms with van der Waals surface area (Å²) in [7, 11) is 0. The van der Waals surface area contributed by atoms with E-state index in [9.17, 15) is 9.59 Å². The molecule has 0 aromatic heterocycles. The molecule has 2 aliphatic rings. The van der Waals surface area contributed by atoms with Crippen molar-refractivity contribution in [1.82, 2.24) is 10.2 Å². The van der Waals surface area contributed by atoms with Gasteiger partial charge in [-0.3, -0.25) is 9.59 Å². The minimum Gasteiger partial charge on any atom is -0.368 e. The lowest BCUT2D eigenvalue weighted by molar-refractivity contribution is -0.132. The average Bonchev–Trinajstić information content (AvgIpc) is 3.18. The van der Waals surface area contributed by atoms with Crippen molar-refractivity contribution in [3.63, 3.8) is 0 Å². The number of aryl methyl sites for hydroxylation is 2. The first-order valence-corrected chi connectivity index (χ1v) is 10.3. The summed E-state index contributed by atoms with van der Waals surface area (Å²) in [6.45, 7) is 9.41. The van der Waals surface area contributed by atoms with E-state index in [2.05, 4.69) is 42.3 Å². The van der Waals surface area contributed by atoms with Crippen molar-refractivity contribution in [3.8, 4) is 0 Å². The zero-order chi connectivity index (χ0) is 19.4. The second-order valence-corrected chi connectivity index (χ2v) is 8.25. The Hall–Kier alpha value is -2.04. The molecule has 5 heteroatoms. The highest BCUT2D eigenvalue weighted by Crippen LogP contribution is 2.25. The normalized spacial score (nSPS) is 19.2. The van der Waals surface area contributed by atoms with Crippen LogP contribution in [0.15, 0.2) is 18.2 Å². The van der Waals surface area contributed by atoms with Gasteiger partial charge in [-0.1, -0.05) is 25.0 Å². The number of nitrogens with one attached hydrogen (secondary N) is 1. The van der Waals surface area contributed by atoms with E-state index in [4.69, 9.17) is 0 Å². The molecule has 1 aliphatic heterocycles. The Labute approximate surface area is 163 Å². The molecule has 1 N–H and O–H groups in total. The molecule has 0 radical (unpaired) electrons. The van der Waals surface area contributed by atoms with Crippen LogP contribution in [0, 0.1) is 19.8 Å². The summed E-state index contributed by atoms with van der Waals surface area (Å²) in [6, 6.07) is 6.44. The number of hydrogen-bond donors (Lipinski definition) is 1. The Bertz CT molecular complexity index is 674. The fraction of sp³-hybridized carbons (Fsp3) is 0.636. The maximum atomic E-state index is 12.6. The van der Waals surface area contributed by atoms with E-state index >= 15 is 0 Å². The minimum absolute atomic E-state index is 0.0948. The highest BCUT2D eigenvalue weighted by molar-refractivity contribution is 5.81. The predicted molar refractivity (Wildman–Crippen MR) is 109 cm³/mol. The molecule has 1 atom stereocenters. The molecule has 1 aliphatic carbocycles. The van der Waals surface area contributed by atoms with Crippen molar-refractivity contribution < 1.29 is 9.59 Å². The molecular formula is C22H33N3O2. The number of nitrogens with zero attached hydrogens (tertiary/aromatic N) is 2. The number of carbonyl (C=O) groups excluding carboxylic acids is 2. The number of carbonyl (C=O) groups is 2. The van der Waals surface area contributed by atoms with Crippen LogP contribution in [0.1, 0.15) is 50.2 Å². The van der Waals surface area contributed by atoms with Crippen LogP contribution < -0.4 is 10.2 Å². The molecule has 1 unspecified atom stereocenters. The molecular weight excluding hydrogens is 338 g/mol. The SMILES string of the molecule is Cc1ccc(C)c(N2CCN(C(=O)CC(C)NC(=O)C3CCCC3)CC2)c1. The Morgan fingerprint density at radius 3 is 2.44 bits per heavy atom. The smallest absolute Gasteiger partial charge is 0.224 e. The van der Waals surface area contributed by atoms with Gasteiger partial charge in [-0.25, -0.2) is 0 Å². The van der Waals surface area contributed by atoms with E-state index in [1.807, 2.05) is 11.8 Å². The molecule has 1 heterocycles. The van der Waals surface area contributed by atoms with E-state index in [1.54, 1.807) is 0 Å². The first-order chi connectivity index (χ1) is 12.9. The van der Waals surface area contributed by atoms with Crippen LogP contribution in [-0.4, -0.2) is 48.9 Å². The van der Waals surface area contributed by atoms with Gasteiger partial charge in [-0.2, -0.15) is 0 Å². The molecule has 3 rings (SSSR count). The van der Waals surface area contributed by atoms with Gasteiger partial charge in [0.2, 0.25) is 11.8 Å². The molecule has 1 saturated carbocycles. The maximum Gasteiger partial charge on any atom is 0.224 e. The molecule has 0 bridgehead atoms. The quantitative estimate of drug-likeness (QED) is 0.866. The third kappa shape index (κ3) is 5.02. The molecule has 1 saturated heterocycles. The van der Waals surface area contributed by atoms with Crippen LogP contribution in [-0.2, 0) is 9.59 Å². The van der Waals surface area contributed by atoms with Gasteiger partial charge in [0, 0.05) is 50.2 Å².